The Morgan fingerprint density at radius 1 is 1.09 bits per heavy atom. The smallest absolute Gasteiger partial charge is 0.260 e. The first kappa shape index (κ1) is 18.0. The summed E-state index contributed by atoms with van der Waals surface area (Å²) < 4.78 is 10.8. The van der Waals surface area contributed by atoms with Crippen molar-refractivity contribution in [2.75, 3.05) is 26.8 Å². The van der Waals surface area contributed by atoms with Gasteiger partial charge in [-0.2, -0.15) is 0 Å². The fourth-order valence-corrected chi connectivity index (χ4v) is 2.14. The molecule has 0 radical (unpaired) electrons. The van der Waals surface area contributed by atoms with E-state index in [0.29, 0.717) is 36.6 Å². The predicted octanol–water partition coefficient (Wildman–Crippen LogP) is 2.93. The molecular weight excluding hydrogens is 282 g/mol. The number of hydrogen-bond acceptors (Lipinski definition) is 4. The maximum absolute atomic E-state index is 11.9. The van der Waals surface area contributed by atoms with Gasteiger partial charge in [0.25, 0.3) is 5.91 Å². The lowest BCUT2D eigenvalue weighted by Crippen LogP contribution is -2.34. The average Bonchev–Trinajstić information content (AvgIpc) is 2.54. The van der Waals surface area contributed by atoms with Crippen molar-refractivity contribution in [1.29, 1.82) is 0 Å². The van der Waals surface area contributed by atoms with Crippen LogP contribution in [0.2, 0.25) is 0 Å². The molecule has 1 rings (SSSR count). The first-order chi connectivity index (χ1) is 10.6. The van der Waals surface area contributed by atoms with Gasteiger partial charge in [0.05, 0.1) is 7.11 Å². The molecule has 0 unspecified atom stereocenters. The number of Topliss-reactive ketones (excluding diaryl/α,β-unsaturated/α-hetero) is 1. The molecule has 0 aliphatic rings. The molecule has 0 atom stereocenters. The van der Waals surface area contributed by atoms with E-state index in [2.05, 4.69) is 0 Å². The molecule has 5 heteroatoms. The van der Waals surface area contributed by atoms with E-state index in [9.17, 15) is 9.59 Å². The van der Waals surface area contributed by atoms with Gasteiger partial charge in [0.15, 0.2) is 23.9 Å². The molecule has 22 heavy (non-hydrogen) atoms. The van der Waals surface area contributed by atoms with Gasteiger partial charge in [0, 0.05) is 25.1 Å². The lowest BCUT2D eigenvalue weighted by molar-refractivity contribution is -0.132. The van der Waals surface area contributed by atoms with Crippen molar-refractivity contribution >= 4 is 11.7 Å². The summed E-state index contributed by atoms with van der Waals surface area (Å²) in [5.74, 6) is 0.940. The van der Waals surface area contributed by atoms with E-state index >= 15 is 0 Å². The number of likely N-dealkylation sites (N-methyl/N-ethyl adjacent to an activating group) is 1. The Kier molecular flexibility index (Phi) is 7.43. The Labute approximate surface area is 132 Å². The topological polar surface area (TPSA) is 55.8 Å². The number of ketones is 1. The molecule has 0 saturated carbocycles. The van der Waals surface area contributed by atoms with E-state index in [1.54, 1.807) is 23.1 Å². The van der Waals surface area contributed by atoms with E-state index in [1.807, 2.05) is 20.8 Å². The highest BCUT2D eigenvalue weighted by molar-refractivity contribution is 5.96. The Morgan fingerprint density at radius 3 is 2.32 bits per heavy atom. The number of carbonyl (C=O) groups is 2. The number of methoxy groups -OCH3 is 1. The summed E-state index contributed by atoms with van der Waals surface area (Å²) in [5.41, 5.74) is 0.598. The number of benzene rings is 1. The minimum Gasteiger partial charge on any atom is -0.493 e. The zero-order valence-electron chi connectivity index (χ0n) is 13.8. The maximum atomic E-state index is 11.9. The molecule has 0 spiro atoms. The Morgan fingerprint density at radius 2 is 1.77 bits per heavy atom. The summed E-state index contributed by atoms with van der Waals surface area (Å²) >= 11 is 0. The quantitative estimate of drug-likeness (QED) is 0.658. The molecular formula is C17H25NO4. The number of nitrogens with zero attached hydrogens (tertiary/aromatic N) is 1. The van der Waals surface area contributed by atoms with Gasteiger partial charge in [-0.1, -0.05) is 6.92 Å². The Balaban J connectivity index is 2.79. The number of amides is 1. The summed E-state index contributed by atoms with van der Waals surface area (Å²) in [6.45, 7) is 7.08. The van der Waals surface area contributed by atoms with Crippen LogP contribution in [-0.4, -0.2) is 43.4 Å². The van der Waals surface area contributed by atoms with Gasteiger partial charge in [-0.15, -0.1) is 0 Å². The molecule has 122 valence electrons. The normalized spacial score (nSPS) is 10.2. The van der Waals surface area contributed by atoms with E-state index in [4.69, 9.17) is 9.47 Å². The monoisotopic (exact) mass is 307 g/mol. The highest BCUT2D eigenvalue weighted by Gasteiger charge is 2.14. The number of ether oxygens (including phenoxy) is 2. The van der Waals surface area contributed by atoms with Crippen LogP contribution in [-0.2, 0) is 4.79 Å². The van der Waals surface area contributed by atoms with E-state index in [1.165, 1.54) is 7.11 Å². The molecule has 0 aliphatic heterocycles. The zero-order chi connectivity index (χ0) is 16.5. The van der Waals surface area contributed by atoms with Gasteiger partial charge < -0.3 is 14.4 Å². The molecule has 0 fully saturated rings. The van der Waals surface area contributed by atoms with Crippen molar-refractivity contribution in [1.82, 2.24) is 4.90 Å². The molecule has 0 saturated heterocycles. The van der Waals surface area contributed by atoms with Gasteiger partial charge in [-0.25, -0.2) is 0 Å². The summed E-state index contributed by atoms with van der Waals surface area (Å²) in [6, 6.07) is 5.05. The molecule has 1 aromatic rings. The standard InChI is InChI=1S/C17H25NO4/c1-5-8-14(19)13-9-10-15(16(11-13)21-4)22-12-17(20)18(6-2)7-3/h9-11H,5-8,12H2,1-4H3. The van der Waals surface area contributed by atoms with E-state index in [0.717, 1.165) is 6.42 Å². The Bertz CT molecular complexity index is 509. The molecule has 0 aliphatic carbocycles. The fourth-order valence-electron chi connectivity index (χ4n) is 2.14. The van der Waals surface area contributed by atoms with Crippen LogP contribution in [0.15, 0.2) is 18.2 Å². The molecule has 0 bridgehead atoms. The van der Waals surface area contributed by atoms with Crippen LogP contribution < -0.4 is 9.47 Å². The fraction of sp³-hybridized carbons (Fsp3) is 0.529. The van der Waals surface area contributed by atoms with Crippen molar-refractivity contribution in [3.05, 3.63) is 23.8 Å². The van der Waals surface area contributed by atoms with Gasteiger partial charge in [0.1, 0.15) is 0 Å². The number of rotatable bonds is 9. The van der Waals surface area contributed by atoms with Crippen molar-refractivity contribution < 1.29 is 19.1 Å². The van der Waals surface area contributed by atoms with E-state index in [-0.39, 0.29) is 18.3 Å². The third kappa shape index (κ3) is 4.76. The largest absolute Gasteiger partial charge is 0.493 e. The van der Waals surface area contributed by atoms with E-state index < -0.39 is 0 Å². The van der Waals surface area contributed by atoms with Gasteiger partial charge >= 0.3 is 0 Å². The molecule has 0 aromatic heterocycles. The summed E-state index contributed by atoms with van der Waals surface area (Å²) in [5, 5.41) is 0. The van der Waals surface area contributed by atoms with Gasteiger partial charge in [-0.3, -0.25) is 9.59 Å². The van der Waals surface area contributed by atoms with Crippen molar-refractivity contribution in [3.63, 3.8) is 0 Å². The zero-order valence-corrected chi connectivity index (χ0v) is 13.8. The average molecular weight is 307 g/mol. The van der Waals surface area contributed by atoms with Crippen LogP contribution in [0.3, 0.4) is 0 Å². The van der Waals surface area contributed by atoms with Crippen LogP contribution in [0.5, 0.6) is 11.5 Å². The second kappa shape index (κ2) is 9.07. The second-order valence-electron chi connectivity index (χ2n) is 4.89. The highest BCUT2D eigenvalue weighted by Crippen LogP contribution is 2.28. The van der Waals surface area contributed by atoms with Gasteiger partial charge in [-0.05, 0) is 38.5 Å². The predicted molar refractivity (Wildman–Crippen MR) is 85.7 cm³/mol. The minimum absolute atomic E-state index is 0.0414. The number of hydrogen-bond donors (Lipinski definition) is 0. The van der Waals surface area contributed by atoms with Crippen LogP contribution in [0, 0.1) is 0 Å². The van der Waals surface area contributed by atoms with Crippen molar-refractivity contribution in [2.24, 2.45) is 0 Å². The lowest BCUT2D eigenvalue weighted by Gasteiger charge is -2.19. The molecule has 5 nitrogen and oxygen atoms in total. The first-order valence-electron chi connectivity index (χ1n) is 7.69. The maximum Gasteiger partial charge on any atom is 0.260 e. The summed E-state index contributed by atoms with van der Waals surface area (Å²) in [4.78, 5) is 25.5. The number of carbonyl (C=O) groups excluding carboxylic acids is 2. The Hall–Kier alpha value is -2.04. The van der Waals surface area contributed by atoms with Crippen LogP contribution in [0.4, 0.5) is 0 Å². The van der Waals surface area contributed by atoms with Crippen molar-refractivity contribution in [3.8, 4) is 11.5 Å². The third-order valence-electron chi connectivity index (χ3n) is 3.43. The highest BCUT2D eigenvalue weighted by atomic mass is 16.5. The van der Waals surface area contributed by atoms with Gasteiger partial charge in [0.2, 0.25) is 0 Å². The van der Waals surface area contributed by atoms with Crippen LogP contribution >= 0.6 is 0 Å². The SMILES string of the molecule is CCCC(=O)c1ccc(OCC(=O)N(CC)CC)c(OC)c1. The molecule has 1 aromatic carbocycles. The minimum atomic E-state index is -0.0711. The van der Waals surface area contributed by atoms with Crippen molar-refractivity contribution in [2.45, 2.75) is 33.6 Å². The van der Waals surface area contributed by atoms with Crippen LogP contribution in [0.25, 0.3) is 0 Å². The lowest BCUT2D eigenvalue weighted by atomic mass is 10.1. The summed E-state index contributed by atoms with van der Waals surface area (Å²) in [6.07, 6.45) is 1.31. The second-order valence-corrected chi connectivity index (χ2v) is 4.89. The third-order valence-corrected chi connectivity index (χ3v) is 3.43. The van der Waals surface area contributed by atoms with Crippen LogP contribution in [0.1, 0.15) is 44.0 Å². The molecule has 0 N–H and O–H groups in total. The molecule has 1 amide bonds. The summed E-state index contributed by atoms with van der Waals surface area (Å²) in [7, 11) is 1.52. The molecule has 0 heterocycles. The first-order valence-corrected chi connectivity index (χ1v) is 7.69.